The molecule has 1 unspecified atom stereocenters. The van der Waals surface area contributed by atoms with Gasteiger partial charge in [0.2, 0.25) is 0 Å². The van der Waals surface area contributed by atoms with Gasteiger partial charge in [-0.2, -0.15) is 5.10 Å². The zero-order valence-electron chi connectivity index (χ0n) is 16.3. The van der Waals surface area contributed by atoms with Crippen molar-refractivity contribution in [3.8, 4) is 12.3 Å². The number of aromatic nitrogens is 4. The molecule has 3 heterocycles. The van der Waals surface area contributed by atoms with Gasteiger partial charge in [0.05, 0.1) is 17.1 Å². The fourth-order valence-electron chi connectivity index (χ4n) is 3.61. The van der Waals surface area contributed by atoms with Crippen LogP contribution >= 0.6 is 0 Å². The number of aryl methyl sites for hydroxylation is 1. The average molecular weight is 385 g/mol. The van der Waals surface area contributed by atoms with Crippen molar-refractivity contribution in [1.82, 2.24) is 24.5 Å². The van der Waals surface area contributed by atoms with Crippen LogP contribution in [-0.2, 0) is 7.05 Å². The summed E-state index contributed by atoms with van der Waals surface area (Å²) in [5, 5.41) is 8.53. The number of nitrogens with one attached hydrogen (secondary N) is 1. The molecule has 144 valence electrons. The Balaban J connectivity index is 1.74. The van der Waals surface area contributed by atoms with Crippen LogP contribution in [-0.4, -0.2) is 25.1 Å². The van der Waals surface area contributed by atoms with Crippen LogP contribution in [0.2, 0.25) is 0 Å². The van der Waals surface area contributed by atoms with Gasteiger partial charge >= 0.3 is 0 Å². The number of carbonyl (C=O) groups is 1. The third-order valence-corrected chi connectivity index (χ3v) is 5.05. The second-order valence-corrected chi connectivity index (χ2v) is 6.89. The van der Waals surface area contributed by atoms with Gasteiger partial charge in [-0.3, -0.25) is 9.59 Å². The predicted octanol–water partition coefficient (Wildman–Crippen LogP) is 2.36. The van der Waals surface area contributed by atoms with Gasteiger partial charge in [0.15, 0.2) is 5.65 Å². The molecule has 7 heteroatoms. The molecule has 29 heavy (non-hydrogen) atoms. The fraction of sp³-hybridized carbons (Fsp3) is 0.182. The summed E-state index contributed by atoms with van der Waals surface area (Å²) in [7, 11) is 1.68. The van der Waals surface area contributed by atoms with Crippen molar-refractivity contribution in [2.45, 2.75) is 19.9 Å². The number of rotatable bonds is 3. The molecule has 0 fully saturated rings. The normalized spacial score (nSPS) is 12.1. The Morgan fingerprint density at radius 1 is 1.31 bits per heavy atom. The Labute approximate surface area is 167 Å². The largest absolute Gasteiger partial charge is 0.344 e. The van der Waals surface area contributed by atoms with E-state index in [1.165, 1.54) is 4.57 Å². The second kappa shape index (κ2) is 6.91. The van der Waals surface area contributed by atoms with Gasteiger partial charge in [-0.25, -0.2) is 9.50 Å². The van der Waals surface area contributed by atoms with E-state index in [1.54, 1.807) is 43.0 Å². The van der Waals surface area contributed by atoms with Crippen molar-refractivity contribution in [2.24, 2.45) is 7.05 Å². The lowest BCUT2D eigenvalue weighted by Gasteiger charge is -2.18. The van der Waals surface area contributed by atoms with Gasteiger partial charge in [-0.05, 0) is 37.4 Å². The number of pyridine rings is 1. The van der Waals surface area contributed by atoms with Crippen LogP contribution in [0.5, 0.6) is 0 Å². The number of hydrogen-bond acceptors (Lipinski definition) is 4. The molecule has 1 atom stereocenters. The van der Waals surface area contributed by atoms with E-state index in [2.05, 4.69) is 21.3 Å². The quantitative estimate of drug-likeness (QED) is 0.549. The second-order valence-electron chi connectivity index (χ2n) is 6.89. The van der Waals surface area contributed by atoms with E-state index < -0.39 is 6.04 Å². The number of amides is 1. The molecular weight excluding hydrogens is 366 g/mol. The summed E-state index contributed by atoms with van der Waals surface area (Å²) in [6.45, 7) is 3.60. The lowest BCUT2D eigenvalue weighted by molar-refractivity contribution is 0.0939. The topological polar surface area (TPSA) is 81.3 Å². The van der Waals surface area contributed by atoms with Crippen LogP contribution in [0, 0.1) is 19.3 Å². The summed E-state index contributed by atoms with van der Waals surface area (Å²) in [5.74, 6) is 2.26. The molecule has 7 nitrogen and oxygen atoms in total. The monoisotopic (exact) mass is 385 g/mol. The van der Waals surface area contributed by atoms with Gasteiger partial charge in [0, 0.05) is 30.7 Å². The zero-order valence-corrected chi connectivity index (χ0v) is 16.3. The Morgan fingerprint density at radius 3 is 2.86 bits per heavy atom. The predicted molar refractivity (Wildman–Crippen MR) is 111 cm³/mol. The average Bonchev–Trinajstić information content (AvgIpc) is 3.05. The van der Waals surface area contributed by atoms with Crippen molar-refractivity contribution in [2.75, 3.05) is 0 Å². The summed E-state index contributed by atoms with van der Waals surface area (Å²) in [6, 6.07) is 8.61. The maximum atomic E-state index is 13.0. The summed E-state index contributed by atoms with van der Waals surface area (Å²) in [4.78, 5) is 30.1. The van der Waals surface area contributed by atoms with Crippen LogP contribution in [0.4, 0.5) is 0 Å². The summed E-state index contributed by atoms with van der Waals surface area (Å²) >= 11 is 0. The lowest BCUT2D eigenvalue weighted by atomic mass is 10.0. The number of nitrogens with zero attached hydrogens (tertiary/aromatic N) is 4. The summed E-state index contributed by atoms with van der Waals surface area (Å²) < 4.78 is 3.09. The smallest absolute Gasteiger partial charge is 0.259 e. The first-order valence-corrected chi connectivity index (χ1v) is 9.12. The van der Waals surface area contributed by atoms with Crippen LogP contribution in [0.3, 0.4) is 0 Å². The van der Waals surface area contributed by atoms with Crippen molar-refractivity contribution in [3.05, 3.63) is 75.6 Å². The van der Waals surface area contributed by atoms with Crippen LogP contribution < -0.4 is 10.9 Å². The molecule has 0 spiro atoms. The van der Waals surface area contributed by atoms with Gasteiger partial charge in [-0.1, -0.05) is 18.1 Å². The van der Waals surface area contributed by atoms with Crippen molar-refractivity contribution in [3.63, 3.8) is 0 Å². The van der Waals surface area contributed by atoms with Gasteiger partial charge in [0.25, 0.3) is 11.5 Å². The summed E-state index contributed by atoms with van der Waals surface area (Å²) in [5.41, 5.74) is 2.52. The molecule has 0 aliphatic heterocycles. The fourth-order valence-corrected chi connectivity index (χ4v) is 3.61. The molecule has 1 amide bonds. The Bertz CT molecular complexity index is 1370. The highest BCUT2D eigenvalue weighted by Crippen LogP contribution is 2.21. The van der Waals surface area contributed by atoms with Gasteiger partial charge < -0.3 is 9.88 Å². The van der Waals surface area contributed by atoms with Gasteiger partial charge in [0.1, 0.15) is 5.56 Å². The maximum absolute atomic E-state index is 13.0. The van der Waals surface area contributed by atoms with E-state index in [0.717, 1.165) is 5.39 Å². The van der Waals surface area contributed by atoms with Crippen molar-refractivity contribution >= 4 is 22.3 Å². The van der Waals surface area contributed by atoms with E-state index in [0.29, 0.717) is 33.5 Å². The van der Waals surface area contributed by atoms with Gasteiger partial charge in [-0.15, -0.1) is 6.42 Å². The van der Waals surface area contributed by atoms with Crippen LogP contribution in [0.1, 0.15) is 40.3 Å². The Morgan fingerprint density at radius 2 is 2.10 bits per heavy atom. The number of hydrogen-bond donors (Lipinski definition) is 1. The standard InChI is InChI=1S/C22H19N5O2/c1-5-15-8-6-9-16-12-17(26(4)22(29)19(15)16)13(2)24-21(28)18-14(3)25-27-11-7-10-23-20(18)27/h1,6-13H,2-4H3,(H,24,28). The first-order valence-electron chi connectivity index (χ1n) is 9.12. The molecule has 0 saturated heterocycles. The van der Waals surface area contributed by atoms with Crippen LogP contribution in [0.15, 0.2) is 47.5 Å². The number of terminal acetylenes is 1. The van der Waals surface area contributed by atoms with Crippen LogP contribution in [0.25, 0.3) is 16.4 Å². The molecule has 0 saturated carbocycles. The maximum Gasteiger partial charge on any atom is 0.259 e. The first-order chi connectivity index (χ1) is 13.9. The number of carbonyl (C=O) groups excluding carboxylic acids is 1. The van der Waals surface area contributed by atoms with E-state index in [9.17, 15) is 9.59 Å². The van der Waals surface area contributed by atoms with E-state index in [-0.39, 0.29) is 11.5 Å². The first kappa shape index (κ1) is 18.4. The summed E-state index contributed by atoms with van der Waals surface area (Å²) in [6.07, 6.45) is 8.90. The molecule has 4 rings (SSSR count). The molecule has 0 bridgehead atoms. The Hall–Kier alpha value is -3.92. The molecule has 4 aromatic rings. The number of fused-ring (bicyclic) bond motifs is 2. The number of benzene rings is 1. The Kier molecular flexibility index (Phi) is 4.40. The van der Waals surface area contributed by atoms with Crippen molar-refractivity contribution in [1.29, 1.82) is 0 Å². The molecule has 1 aromatic carbocycles. The lowest BCUT2D eigenvalue weighted by Crippen LogP contribution is -2.32. The molecule has 1 N–H and O–H groups in total. The molecule has 3 aromatic heterocycles. The highest BCUT2D eigenvalue weighted by molar-refractivity contribution is 6.01. The van der Waals surface area contributed by atoms with E-state index in [4.69, 9.17) is 6.42 Å². The van der Waals surface area contributed by atoms with E-state index >= 15 is 0 Å². The molecule has 0 aliphatic carbocycles. The molecule has 0 radical (unpaired) electrons. The zero-order chi connectivity index (χ0) is 20.7. The highest BCUT2D eigenvalue weighted by Gasteiger charge is 2.22. The van der Waals surface area contributed by atoms with Crippen molar-refractivity contribution < 1.29 is 4.79 Å². The third kappa shape index (κ3) is 2.95. The molecule has 0 aliphatic rings. The SMILES string of the molecule is C#Cc1cccc2cc(C(C)NC(=O)c3c(C)nn4cccnc34)n(C)c(=O)c12. The minimum Gasteiger partial charge on any atom is -0.344 e. The minimum atomic E-state index is -0.419. The third-order valence-electron chi connectivity index (χ3n) is 5.05. The molecular formula is C22H19N5O2. The highest BCUT2D eigenvalue weighted by atomic mass is 16.2. The van der Waals surface area contributed by atoms with E-state index in [1.807, 2.05) is 25.1 Å². The minimum absolute atomic E-state index is 0.194.